The zero-order valence-corrected chi connectivity index (χ0v) is 39.3. The van der Waals surface area contributed by atoms with Crippen LogP contribution in [0, 0.1) is 97.2 Å². The largest absolute Gasteiger partial charge is 3.00 e. The van der Waals surface area contributed by atoms with Gasteiger partial charge in [0.05, 0.1) is 0 Å². The van der Waals surface area contributed by atoms with Crippen molar-refractivity contribution in [3.05, 3.63) is 34.0 Å². The molecular formula is C42H42F21O6Yb. The Kier molecular flexibility index (Phi) is 15.1. The van der Waals surface area contributed by atoms with E-state index in [9.17, 15) is 122 Å². The maximum Gasteiger partial charge on any atom is 3.00 e. The summed E-state index contributed by atoms with van der Waals surface area (Å²) in [4.78, 5) is 36.8. The van der Waals surface area contributed by atoms with Crippen LogP contribution in [0.4, 0.5) is 92.2 Å². The van der Waals surface area contributed by atoms with Crippen molar-refractivity contribution >= 4 is 17.3 Å². The third kappa shape index (κ3) is 7.88. The van der Waals surface area contributed by atoms with Crippen LogP contribution >= 0.6 is 0 Å². The first-order valence-electron chi connectivity index (χ1n) is 20.5. The molecule has 0 aliphatic heterocycles. The molecule has 0 saturated heterocycles. The van der Waals surface area contributed by atoms with Crippen molar-refractivity contribution < 1.29 is 169 Å². The Morgan fingerprint density at radius 2 is 0.529 bits per heavy atom. The van der Waals surface area contributed by atoms with Crippen LogP contribution in [0.25, 0.3) is 0 Å². The number of fused-ring (bicyclic) bond motifs is 6. The Hall–Kier alpha value is -2.32. The average Bonchev–Trinajstić information content (AvgIpc) is 3.79. The van der Waals surface area contributed by atoms with Crippen LogP contribution in [0.15, 0.2) is 34.0 Å². The molecule has 6 unspecified atom stereocenters. The molecule has 0 heterocycles. The van der Waals surface area contributed by atoms with Gasteiger partial charge in [0, 0.05) is 16.2 Å². The summed E-state index contributed by atoms with van der Waals surface area (Å²) in [6.45, 7) is 13.3. The molecule has 6 bridgehead atoms. The van der Waals surface area contributed by atoms with Crippen LogP contribution in [-0.2, 0) is 14.4 Å². The Bertz CT molecular complexity index is 2020. The topological polar surface area (TPSA) is 120 Å². The van der Waals surface area contributed by atoms with E-state index >= 15 is 0 Å². The van der Waals surface area contributed by atoms with Gasteiger partial charge >= 0.3 is 101 Å². The van der Waals surface area contributed by atoms with E-state index in [0.29, 0.717) is 0 Å². The molecular weight excluding hydrogens is 1170 g/mol. The third-order valence-electron chi connectivity index (χ3n) is 16.8. The minimum Gasteiger partial charge on any atom is -0.871 e. The maximum absolute atomic E-state index is 13.6. The summed E-state index contributed by atoms with van der Waals surface area (Å²) in [6, 6.07) is 0. The van der Waals surface area contributed by atoms with Gasteiger partial charge in [-0.05, 0) is 107 Å². The number of rotatable bonds is 6. The molecule has 6 nitrogen and oxygen atoms in total. The molecule has 0 amide bonds. The summed E-state index contributed by atoms with van der Waals surface area (Å²) in [7, 11) is 0. The molecule has 6 rings (SSSR count). The molecule has 0 aromatic rings. The number of allylic oxidation sites excluding steroid dienone is 6. The van der Waals surface area contributed by atoms with Gasteiger partial charge in [0.15, 0.2) is 17.3 Å². The first-order valence-corrected chi connectivity index (χ1v) is 20.5. The first-order chi connectivity index (χ1) is 30.1. The minimum absolute atomic E-state index is 0. The van der Waals surface area contributed by atoms with Gasteiger partial charge in [-0.1, -0.05) is 62.3 Å². The summed E-state index contributed by atoms with van der Waals surface area (Å²) in [6.07, 6.45) is -18.7. The SMILES string of the molecule is CC12CCC(C(=C([O-])C(F)(F)C(F)(F)C(F)(F)F)C1=O)C2(C)C.CC12CCC(C(=C([O-])C(F)(F)C(F)(F)C(F)(F)F)C1=O)C2(C)C.CC12CCC(C(=C([O-])C(F)(F)C(F)(F)C(F)(F)F)C1=O)C2(C)C.[Yb+3]. The summed E-state index contributed by atoms with van der Waals surface area (Å²) in [5, 5.41) is 35.4. The van der Waals surface area contributed by atoms with E-state index < -0.39 is 156 Å². The van der Waals surface area contributed by atoms with Gasteiger partial charge in [-0.15, -0.1) is 0 Å². The average molecular weight is 1210 g/mol. The van der Waals surface area contributed by atoms with Crippen molar-refractivity contribution in [2.75, 3.05) is 0 Å². The van der Waals surface area contributed by atoms with Crippen LogP contribution < -0.4 is 15.3 Å². The van der Waals surface area contributed by atoms with Crippen LogP contribution in [-0.4, -0.2) is 71.4 Å². The van der Waals surface area contributed by atoms with E-state index in [-0.39, 0.29) is 85.4 Å². The number of hydrogen-bond donors (Lipinski definition) is 0. The molecule has 6 saturated carbocycles. The monoisotopic (exact) mass is 1220 g/mol. The zero-order valence-electron chi connectivity index (χ0n) is 37.6. The predicted octanol–water partition coefficient (Wildman–Crippen LogP) is 10.4. The quantitative estimate of drug-likeness (QED) is 0.148. The van der Waals surface area contributed by atoms with E-state index in [1.54, 1.807) is 0 Å². The second-order valence-corrected chi connectivity index (χ2v) is 20.6. The number of Topliss-reactive ketones (excluding diaryl/α,β-unsaturated/α-hetero) is 3. The smallest absolute Gasteiger partial charge is 0.871 e. The number of hydrogen-bond acceptors (Lipinski definition) is 6. The van der Waals surface area contributed by atoms with Crippen molar-refractivity contribution in [3.8, 4) is 0 Å². The molecule has 1 radical (unpaired) electrons. The van der Waals surface area contributed by atoms with E-state index in [4.69, 9.17) is 0 Å². The van der Waals surface area contributed by atoms with Gasteiger partial charge in [0.1, 0.15) is 0 Å². The van der Waals surface area contributed by atoms with E-state index in [2.05, 4.69) is 0 Å². The Labute approximate surface area is 423 Å². The van der Waals surface area contributed by atoms with Crippen molar-refractivity contribution in [2.24, 2.45) is 50.2 Å². The fourth-order valence-electron chi connectivity index (χ4n) is 10.9. The normalized spacial score (nSPS) is 32.8. The molecule has 0 N–H and O–H groups in total. The first kappa shape index (κ1) is 62.0. The van der Waals surface area contributed by atoms with Crippen LogP contribution in [0.3, 0.4) is 0 Å². The molecule has 6 fully saturated rings. The van der Waals surface area contributed by atoms with E-state index in [0.717, 1.165) is 0 Å². The fraction of sp³-hybridized carbons (Fsp3) is 0.786. The number of carbonyl (C=O) groups is 3. The number of ketones is 3. The van der Waals surface area contributed by atoms with Crippen molar-refractivity contribution in [1.29, 1.82) is 0 Å². The van der Waals surface area contributed by atoms with Gasteiger partial charge in [-0.2, -0.15) is 92.2 Å². The molecule has 6 atom stereocenters. The summed E-state index contributed by atoms with van der Waals surface area (Å²) >= 11 is 0. The Morgan fingerprint density at radius 1 is 0.371 bits per heavy atom. The van der Waals surface area contributed by atoms with E-state index in [1.165, 1.54) is 62.3 Å². The molecule has 28 heteroatoms. The Morgan fingerprint density at radius 3 is 0.643 bits per heavy atom. The van der Waals surface area contributed by atoms with Crippen LogP contribution in [0.2, 0.25) is 0 Å². The summed E-state index contributed by atoms with van der Waals surface area (Å²) in [5.41, 5.74) is -9.87. The van der Waals surface area contributed by atoms with Gasteiger partial charge < -0.3 is 15.3 Å². The van der Waals surface area contributed by atoms with Crippen LogP contribution in [0.5, 0.6) is 0 Å². The minimum atomic E-state index is -6.60. The predicted molar refractivity (Wildman–Crippen MR) is 188 cm³/mol. The third-order valence-corrected chi connectivity index (χ3v) is 16.8. The molecule has 6 aliphatic carbocycles. The number of alkyl halides is 21. The molecule has 6 aliphatic rings. The number of halogens is 21. The molecule has 0 aromatic carbocycles. The standard InChI is InChI=1S/3C14H15F7O2.Yb/c3*1-10(2)6-4-5-11(10,3)8(22)7(6)9(23)12(15,16)13(17,18)14(19,20)21;/h3*6,23H,4-5H2,1-3H3;/q;;;+3/p-3. The number of carbonyl (C=O) groups excluding carboxylic acids is 3. The van der Waals surface area contributed by atoms with Crippen molar-refractivity contribution in [1.82, 2.24) is 0 Å². The van der Waals surface area contributed by atoms with Crippen LogP contribution in [0.1, 0.15) is 101 Å². The second kappa shape index (κ2) is 17.1. The molecule has 0 spiro atoms. The van der Waals surface area contributed by atoms with Crippen molar-refractivity contribution in [2.45, 2.75) is 155 Å². The van der Waals surface area contributed by atoms with E-state index in [1.807, 2.05) is 0 Å². The summed E-state index contributed by atoms with van der Waals surface area (Å²) < 4.78 is 270. The zero-order chi connectivity index (χ0) is 54.7. The molecule has 70 heavy (non-hydrogen) atoms. The van der Waals surface area contributed by atoms with Crippen molar-refractivity contribution in [3.63, 3.8) is 0 Å². The van der Waals surface area contributed by atoms with Gasteiger partial charge in [-0.3, -0.25) is 14.4 Å². The second-order valence-electron chi connectivity index (χ2n) is 20.6. The molecule has 407 valence electrons. The fourth-order valence-corrected chi connectivity index (χ4v) is 10.9. The van der Waals surface area contributed by atoms with Gasteiger partial charge in [-0.25, -0.2) is 0 Å². The summed E-state index contributed by atoms with van der Waals surface area (Å²) in [5.74, 6) is -52.2. The van der Waals surface area contributed by atoms with Gasteiger partial charge in [0.2, 0.25) is 0 Å². The van der Waals surface area contributed by atoms with Gasteiger partial charge in [0.25, 0.3) is 0 Å². The maximum atomic E-state index is 13.6. The Balaban J connectivity index is 0.000000276. The molecule has 0 aromatic heterocycles.